The molecule has 0 spiro atoms. The highest BCUT2D eigenvalue weighted by molar-refractivity contribution is 5.82. The van der Waals surface area contributed by atoms with Crippen LogP contribution in [0.1, 0.15) is 24.0 Å². The second-order valence-corrected chi connectivity index (χ2v) is 7.34. The number of amides is 1. The van der Waals surface area contributed by atoms with Crippen LogP contribution in [0.2, 0.25) is 0 Å². The maximum atomic E-state index is 13.3. The fourth-order valence-electron chi connectivity index (χ4n) is 3.76. The molecule has 1 saturated heterocycles. The van der Waals surface area contributed by atoms with Gasteiger partial charge in [0.25, 0.3) is 0 Å². The normalized spacial score (nSPS) is 17.6. The van der Waals surface area contributed by atoms with E-state index in [1.165, 1.54) is 17.5 Å². The van der Waals surface area contributed by atoms with Crippen molar-refractivity contribution in [3.63, 3.8) is 0 Å². The van der Waals surface area contributed by atoms with Gasteiger partial charge in [0.15, 0.2) is 0 Å². The van der Waals surface area contributed by atoms with Crippen LogP contribution in [0.3, 0.4) is 0 Å². The highest BCUT2D eigenvalue weighted by Crippen LogP contribution is 2.12. The lowest BCUT2D eigenvalue weighted by molar-refractivity contribution is -0.133. The molecule has 1 amide bonds. The summed E-state index contributed by atoms with van der Waals surface area (Å²) in [5.74, 6) is 0.200. The topological polar surface area (TPSA) is 44.4 Å². The standard InChI is InChI=1S/C23H31N3O/c1-24-22(17-20-11-6-3-7-12-20)23(27)26(18-21-13-8-15-25-21)16-14-19-9-4-2-5-10-19/h2-7,9-12,21-22,24-25H,8,13-18H2,1H3/t21-,22+/m0/s1. The molecule has 2 aromatic rings. The Kier molecular flexibility index (Phi) is 7.43. The van der Waals surface area contributed by atoms with Gasteiger partial charge in [-0.15, -0.1) is 0 Å². The molecule has 1 heterocycles. The number of nitrogens with zero attached hydrogens (tertiary/aromatic N) is 1. The number of rotatable bonds is 9. The van der Waals surface area contributed by atoms with E-state index < -0.39 is 0 Å². The van der Waals surface area contributed by atoms with Gasteiger partial charge in [0.1, 0.15) is 0 Å². The third kappa shape index (κ3) is 5.91. The second-order valence-electron chi connectivity index (χ2n) is 7.34. The molecule has 1 aliphatic heterocycles. The maximum Gasteiger partial charge on any atom is 0.240 e. The van der Waals surface area contributed by atoms with E-state index in [9.17, 15) is 4.79 Å². The lowest BCUT2D eigenvalue weighted by Gasteiger charge is -2.30. The van der Waals surface area contributed by atoms with Gasteiger partial charge in [-0.25, -0.2) is 0 Å². The van der Waals surface area contributed by atoms with Gasteiger partial charge in [-0.3, -0.25) is 4.79 Å². The highest BCUT2D eigenvalue weighted by atomic mass is 16.2. The first-order chi connectivity index (χ1) is 13.3. The van der Waals surface area contributed by atoms with Crippen molar-refractivity contribution < 1.29 is 4.79 Å². The molecule has 2 aromatic carbocycles. The van der Waals surface area contributed by atoms with Crippen molar-refractivity contribution in [1.82, 2.24) is 15.5 Å². The van der Waals surface area contributed by atoms with Crippen LogP contribution < -0.4 is 10.6 Å². The predicted molar refractivity (Wildman–Crippen MR) is 111 cm³/mol. The molecule has 1 fully saturated rings. The summed E-state index contributed by atoms with van der Waals surface area (Å²) in [7, 11) is 1.88. The van der Waals surface area contributed by atoms with E-state index in [-0.39, 0.29) is 11.9 Å². The van der Waals surface area contributed by atoms with Crippen molar-refractivity contribution >= 4 is 5.91 Å². The monoisotopic (exact) mass is 365 g/mol. The van der Waals surface area contributed by atoms with Gasteiger partial charge < -0.3 is 15.5 Å². The number of carbonyl (C=O) groups is 1. The second kappa shape index (κ2) is 10.2. The molecule has 0 aliphatic carbocycles. The van der Waals surface area contributed by atoms with Crippen LogP contribution in [0.15, 0.2) is 60.7 Å². The number of hydrogen-bond donors (Lipinski definition) is 2. The smallest absolute Gasteiger partial charge is 0.240 e. The summed E-state index contributed by atoms with van der Waals surface area (Å²) in [4.78, 5) is 15.4. The van der Waals surface area contributed by atoms with E-state index in [4.69, 9.17) is 0 Å². The van der Waals surface area contributed by atoms with E-state index in [1.54, 1.807) is 0 Å². The molecule has 0 unspecified atom stereocenters. The van der Waals surface area contributed by atoms with E-state index in [0.717, 1.165) is 38.9 Å². The van der Waals surface area contributed by atoms with Gasteiger partial charge in [-0.2, -0.15) is 0 Å². The number of nitrogens with one attached hydrogen (secondary N) is 2. The Bertz CT molecular complexity index is 683. The zero-order valence-electron chi connectivity index (χ0n) is 16.2. The Hall–Kier alpha value is -2.17. The summed E-state index contributed by atoms with van der Waals surface area (Å²) in [5.41, 5.74) is 2.46. The van der Waals surface area contributed by atoms with E-state index in [1.807, 2.05) is 31.3 Å². The van der Waals surface area contributed by atoms with Crippen LogP contribution in [0.5, 0.6) is 0 Å². The first-order valence-electron chi connectivity index (χ1n) is 10.0. The van der Waals surface area contributed by atoms with Crippen LogP contribution in [-0.2, 0) is 17.6 Å². The molecule has 1 aliphatic rings. The van der Waals surface area contributed by atoms with Crippen molar-refractivity contribution in [2.24, 2.45) is 0 Å². The minimum absolute atomic E-state index is 0.190. The number of hydrogen-bond acceptors (Lipinski definition) is 3. The molecule has 0 aromatic heterocycles. The Morgan fingerprint density at radius 1 is 1.11 bits per heavy atom. The third-order valence-electron chi connectivity index (χ3n) is 5.36. The van der Waals surface area contributed by atoms with Gasteiger partial charge >= 0.3 is 0 Å². The zero-order valence-corrected chi connectivity index (χ0v) is 16.2. The minimum atomic E-state index is -0.190. The summed E-state index contributed by atoms with van der Waals surface area (Å²) in [6.45, 7) is 2.61. The van der Waals surface area contributed by atoms with E-state index in [0.29, 0.717) is 6.04 Å². The van der Waals surface area contributed by atoms with Crippen LogP contribution in [0, 0.1) is 0 Å². The molecule has 0 saturated carbocycles. The molecule has 2 N–H and O–H groups in total. The first-order valence-corrected chi connectivity index (χ1v) is 10.0. The van der Waals surface area contributed by atoms with E-state index in [2.05, 4.69) is 51.9 Å². The van der Waals surface area contributed by atoms with Crippen molar-refractivity contribution in [1.29, 1.82) is 0 Å². The molecule has 4 nitrogen and oxygen atoms in total. The van der Waals surface area contributed by atoms with Crippen molar-refractivity contribution in [3.8, 4) is 0 Å². The summed E-state index contributed by atoms with van der Waals surface area (Å²) >= 11 is 0. The van der Waals surface area contributed by atoms with Gasteiger partial charge in [0.2, 0.25) is 5.91 Å². The molecule has 3 rings (SSSR count). The van der Waals surface area contributed by atoms with Crippen LogP contribution >= 0.6 is 0 Å². The van der Waals surface area contributed by atoms with E-state index >= 15 is 0 Å². The summed E-state index contributed by atoms with van der Waals surface area (Å²) in [6, 6.07) is 20.9. The fraction of sp³-hybridized carbons (Fsp3) is 0.435. The first kappa shape index (κ1) is 19.6. The molecular formula is C23H31N3O. The lowest BCUT2D eigenvalue weighted by Crippen LogP contribution is -2.50. The Morgan fingerprint density at radius 3 is 2.37 bits per heavy atom. The number of likely N-dealkylation sites (N-methyl/N-ethyl adjacent to an activating group) is 1. The molecule has 4 heteroatoms. The summed E-state index contributed by atoms with van der Waals surface area (Å²) in [6.07, 6.45) is 3.96. The Labute approximate surface area is 163 Å². The summed E-state index contributed by atoms with van der Waals surface area (Å²) in [5, 5.41) is 6.77. The van der Waals surface area contributed by atoms with Crippen molar-refractivity contribution in [2.45, 2.75) is 37.8 Å². The largest absolute Gasteiger partial charge is 0.339 e. The van der Waals surface area contributed by atoms with Gasteiger partial charge in [-0.05, 0) is 50.4 Å². The zero-order chi connectivity index (χ0) is 18.9. The van der Waals surface area contributed by atoms with Crippen LogP contribution in [0.25, 0.3) is 0 Å². The third-order valence-corrected chi connectivity index (χ3v) is 5.36. The Balaban J connectivity index is 1.67. The quantitative estimate of drug-likeness (QED) is 0.718. The number of carbonyl (C=O) groups excluding carboxylic acids is 1. The van der Waals surface area contributed by atoms with Gasteiger partial charge in [-0.1, -0.05) is 60.7 Å². The lowest BCUT2D eigenvalue weighted by atomic mass is 10.0. The highest BCUT2D eigenvalue weighted by Gasteiger charge is 2.26. The van der Waals surface area contributed by atoms with Gasteiger partial charge in [0, 0.05) is 19.1 Å². The van der Waals surface area contributed by atoms with Crippen molar-refractivity contribution in [2.75, 3.05) is 26.7 Å². The Morgan fingerprint density at radius 2 is 1.78 bits per heavy atom. The molecule has 2 atom stereocenters. The SMILES string of the molecule is CN[C@H](Cc1ccccc1)C(=O)N(CCc1ccccc1)C[C@@H]1CCCN1. The minimum Gasteiger partial charge on any atom is -0.339 e. The predicted octanol–water partition coefficient (Wildman–Crippen LogP) is 2.64. The molecule has 27 heavy (non-hydrogen) atoms. The average molecular weight is 366 g/mol. The van der Waals surface area contributed by atoms with Crippen LogP contribution in [-0.4, -0.2) is 49.6 Å². The van der Waals surface area contributed by atoms with Gasteiger partial charge in [0.05, 0.1) is 6.04 Å². The number of benzene rings is 2. The molecule has 144 valence electrons. The summed E-state index contributed by atoms with van der Waals surface area (Å²) < 4.78 is 0. The van der Waals surface area contributed by atoms with Crippen molar-refractivity contribution in [3.05, 3.63) is 71.8 Å². The average Bonchev–Trinajstić information content (AvgIpc) is 3.23. The maximum absolute atomic E-state index is 13.3. The fourth-order valence-corrected chi connectivity index (χ4v) is 3.76. The molecule has 0 bridgehead atoms. The molecule has 0 radical (unpaired) electrons. The van der Waals surface area contributed by atoms with Crippen LogP contribution in [0.4, 0.5) is 0 Å². The molecular weight excluding hydrogens is 334 g/mol.